The molecule has 0 radical (unpaired) electrons. The summed E-state index contributed by atoms with van der Waals surface area (Å²) in [6.45, 7) is 4.00. The largest absolute Gasteiger partial charge is 0.481 e. The van der Waals surface area contributed by atoms with Gasteiger partial charge in [-0.05, 0) is 27.1 Å². The van der Waals surface area contributed by atoms with E-state index in [-0.39, 0.29) is 12.5 Å². The molecule has 2 atom stereocenters. The summed E-state index contributed by atoms with van der Waals surface area (Å²) in [6, 6.07) is 0.274. The van der Waals surface area contributed by atoms with Gasteiger partial charge >= 0.3 is 5.97 Å². The van der Waals surface area contributed by atoms with E-state index in [1.807, 2.05) is 32.1 Å². The van der Waals surface area contributed by atoms with Crippen molar-refractivity contribution >= 4 is 5.97 Å². The van der Waals surface area contributed by atoms with E-state index in [1.54, 1.807) is 0 Å². The van der Waals surface area contributed by atoms with E-state index in [0.717, 1.165) is 0 Å². The molecule has 0 amide bonds. The van der Waals surface area contributed by atoms with Crippen LogP contribution in [0.15, 0.2) is 12.3 Å². The highest BCUT2D eigenvalue weighted by molar-refractivity contribution is 5.68. The minimum Gasteiger partial charge on any atom is -0.481 e. The molecule has 1 aliphatic heterocycles. The number of likely N-dealkylation sites (N-methyl/N-ethyl adjacent to an activating group) is 1. The van der Waals surface area contributed by atoms with Crippen molar-refractivity contribution in [3.05, 3.63) is 12.3 Å². The Hall–Kier alpha value is -1.03. The fraction of sp³-hybridized carbons (Fsp3) is 0.700. The number of hydrogen-bond acceptors (Lipinski definition) is 3. The first-order valence-corrected chi connectivity index (χ1v) is 4.74. The molecule has 1 rings (SSSR count). The number of carboxylic acid groups (broad SMARTS) is 1. The molecule has 0 aromatic rings. The van der Waals surface area contributed by atoms with E-state index in [9.17, 15) is 4.79 Å². The molecule has 4 nitrogen and oxygen atoms in total. The monoisotopic (exact) mass is 198 g/mol. The summed E-state index contributed by atoms with van der Waals surface area (Å²) >= 11 is 0. The van der Waals surface area contributed by atoms with Crippen LogP contribution in [0.2, 0.25) is 0 Å². The average Bonchev–Trinajstić information content (AvgIpc) is 2.08. The molecule has 0 aromatic carbocycles. The second-order valence-corrected chi connectivity index (χ2v) is 4.09. The molecule has 80 valence electrons. The minimum absolute atomic E-state index is 0.120. The second kappa shape index (κ2) is 3.61. The van der Waals surface area contributed by atoms with Crippen LogP contribution in [0.3, 0.4) is 0 Å². The number of hydrogen-bond donors (Lipinski definition) is 1. The van der Waals surface area contributed by atoms with E-state index in [2.05, 4.69) is 17.9 Å². The molecule has 1 N–H and O–H groups in total. The standard InChI is InChI=1S/C10H18N2O2/c1-8-5-6-11(3)10(2,12(8)4)7-9(13)14/h5-6,8H,7H2,1-4H3,(H,13,14). The van der Waals surface area contributed by atoms with Gasteiger partial charge in [0, 0.05) is 13.1 Å². The summed E-state index contributed by atoms with van der Waals surface area (Å²) in [5.41, 5.74) is -0.431. The lowest BCUT2D eigenvalue weighted by atomic mass is 10.0. The van der Waals surface area contributed by atoms with Crippen LogP contribution in [0.25, 0.3) is 0 Å². The van der Waals surface area contributed by atoms with E-state index in [4.69, 9.17) is 5.11 Å². The van der Waals surface area contributed by atoms with Gasteiger partial charge in [-0.25, -0.2) is 0 Å². The molecule has 0 saturated heterocycles. The van der Waals surface area contributed by atoms with Crippen LogP contribution in [0.1, 0.15) is 20.3 Å². The Morgan fingerprint density at radius 2 is 2.14 bits per heavy atom. The van der Waals surface area contributed by atoms with E-state index < -0.39 is 11.6 Å². The Morgan fingerprint density at radius 3 is 2.64 bits per heavy atom. The van der Waals surface area contributed by atoms with E-state index in [0.29, 0.717) is 0 Å². The van der Waals surface area contributed by atoms with Crippen molar-refractivity contribution < 1.29 is 9.90 Å². The molecule has 0 spiro atoms. The van der Waals surface area contributed by atoms with E-state index >= 15 is 0 Å². The molecule has 0 bridgehead atoms. The summed E-state index contributed by atoms with van der Waals surface area (Å²) < 4.78 is 0. The molecule has 0 aromatic heterocycles. The summed E-state index contributed by atoms with van der Waals surface area (Å²) in [7, 11) is 3.86. The van der Waals surface area contributed by atoms with Gasteiger partial charge in [-0.2, -0.15) is 0 Å². The SMILES string of the molecule is CC1C=CN(C)C(C)(CC(=O)O)N1C. The van der Waals surface area contributed by atoms with Gasteiger partial charge in [-0.15, -0.1) is 0 Å². The third kappa shape index (κ3) is 1.75. The van der Waals surface area contributed by atoms with Gasteiger partial charge in [0.05, 0.1) is 6.42 Å². The Labute approximate surface area is 84.8 Å². The van der Waals surface area contributed by atoms with E-state index in [1.165, 1.54) is 0 Å². The van der Waals surface area contributed by atoms with Crippen molar-refractivity contribution in [2.75, 3.05) is 14.1 Å². The van der Waals surface area contributed by atoms with Crippen molar-refractivity contribution in [1.29, 1.82) is 0 Å². The highest BCUT2D eigenvalue weighted by Crippen LogP contribution is 2.28. The first kappa shape index (κ1) is 11.0. The smallest absolute Gasteiger partial charge is 0.307 e. The van der Waals surface area contributed by atoms with Crippen LogP contribution in [-0.4, -0.2) is 46.7 Å². The highest BCUT2D eigenvalue weighted by atomic mass is 16.4. The lowest BCUT2D eigenvalue weighted by Crippen LogP contribution is -2.59. The number of carbonyl (C=O) groups is 1. The lowest BCUT2D eigenvalue weighted by Gasteiger charge is -2.49. The van der Waals surface area contributed by atoms with Gasteiger partial charge in [0.15, 0.2) is 0 Å². The summed E-state index contributed by atoms with van der Waals surface area (Å²) in [4.78, 5) is 14.8. The lowest BCUT2D eigenvalue weighted by molar-refractivity contribution is -0.144. The molecule has 1 heterocycles. The molecule has 0 aliphatic carbocycles. The Kier molecular flexibility index (Phi) is 2.85. The average molecular weight is 198 g/mol. The van der Waals surface area contributed by atoms with Gasteiger partial charge in [-0.3, -0.25) is 9.69 Å². The van der Waals surface area contributed by atoms with Crippen LogP contribution in [0.4, 0.5) is 0 Å². The second-order valence-electron chi connectivity index (χ2n) is 4.09. The number of carboxylic acids is 1. The molecule has 0 saturated carbocycles. The molecule has 4 heteroatoms. The minimum atomic E-state index is -0.770. The van der Waals surface area contributed by atoms with Crippen molar-refractivity contribution in [2.24, 2.45) is 0 Å². The third-order valence-electron chi connectivity index (χ3n) is 3.20. The third-order valence-corrected chi connectivity index (χ3v) is 3.20. The zero-order chi connectivity index (χ0) is 10.9. The fourth-order valence-electron chi connectivity index (χ4n) is 1.77. The van der Waals surface area contributed by atoms with Crippen LogP contribution in [-0.2, 0) is 4.79 Å². The quantitative estimate of drug-likeness (QED) is 0.717. The van der Waals surface area contributed by atoms with Crippen LogP contribution >= 0.6 is 0 Å². The summed E-state index contributed by atoms with van der Waals surface area (Å²) in [5.74, 6) is -0.770. The zero-order valence-electron chi connectivity index (χ0n) is 9.19. The number of aliphatic carboxylic acids is 1. The maximum Gasteiger partial charge on any atom is 0.307 e. The van der Waals surface area contributed by atoms with Gasteiger partial charge in [0.2, 0.25) is 0 Å². The van der Waals surface area contributed by atoms with Gasteiger partial charge in [0.1, 0.15) is 5.66 Å². The molecule has 1 aliphatic rings. The Morgan fingerprint density at radius 1 is 1.57 bits per heavy atom. The first-order valence-electron chi connectivity index (χ1n) is 4.74. The highest BCUT2D eigenvalue weighted by Gasteiger charge is 2.38. The van der Waals surface area contributed by atoms with Gasteiger partial charge in [0.25, 0.3) is 0 Å². The molecular formula is C10H18N2O2. The number of nitrogens with zero attached hydrogens (tertiary/aromatic N) is 2. The predicted molar refractivity (Wildman–Crippen MR) is 54.8 cm³/mol. The first-order chi connectivity index (χ1) is 6.38. The zero-order valence-corrected chi connectivity index (χ0v) is 9.19. The Balaban J connectivity index is 2.93. The topological polar surface area (TPSA) is 43.8 Å². The van der Waals surface area contributed by atoms with Crippen LogP contribution in [0, 0.1) is 0 Å². The van der Waals surface area contributed by atoms with Gasteiger partial charge in [-0.1, -0.05) is 6.08 Å². The van der Waals surface area contributed by atoms with Crippen LogP contribution in [0.5, 0.6) is 0 Å². The summed E-state index contributed by atoms with van der Waals surface area (Å²) in [5, 5.41) is 8.88. The maximum atomic E-state index is 10.8. The normalized spacial score (nSPS) is 33.4. The molecular weight excluding hydrogens is 180 g/mol. The Bertz CT molecular complexity index is 265. The molecule has 0 fully saturated rings. The number of rotatable bonds is 2. The van der Waals surface area contributed by atoms with Crippen molar-refractivity contribution in [1.82, 2.24) is 9.80 Å². The fourth-order valence-corrected chi connectivity index (χ4v) is 1.77. The predicted octanol–water partition coefficient (Wildman–Crippen LogP) is 0.957. The molecule has 2 unspecified atom stereocenters. The van der Waals surface area contributed by atoms with Crippen molar-refractivity contribution in [3.63, 3.8) is 0 Å². The van der Waals surface area contributed by atoms with Crippen molar-refractivity contribution in [2.45, 2.75) is 32.0 Å². The molecule has 14 heavy (non-hydrogen) atoms. The maximum absolute atomic E-state index is 10.8. The van der Waals surface area contributed by atoms with Crippen molar-refractivity contribution in [3.8, 4) is 0 Å². The van der Waals surface area contributed by atoms with Gasteiger partial charge < -0.3 is 10.0 Å². The van der Waals surface area contributed by atoms with Crippen LogP contribution < -0.4 is 0 Å². The summed E-state index contributed by atoms with van der Waals surface area (Å²) in [6.07, 6.45) is 4.13.